The number of carbonyl (C=O) groups is 2. The Morgan fingerprint density at radius 3 is 2.58 bits per heavy atom. The van der Waals surface area contributed by atoms with Gasteiger partial charge in [0.1, 0.15) is 11.9 Å². The Kier molecular flexibility index (Phi) is 6.11. The summed E-state index contributed by atoms with van der Waals surface area (Å²) in [5.41, 5.74) is -1.34. The van der Waals surface area contributed by atoms with Gasteiger partial charge in [-0.2, -0.15) is 0 Å². The molecule has 0 aliphatic heterocycles. The number of hydrogen-bond donors (Lipinski definition) is 1. The highest BCUT2D eigenvalue weighted by Crippen LogP contribution is 2.25. The third kappa shape index (κ3) is 5.39. The second-order valence-corrected chi connectivity index (χ2v) is 6.90. The number of ether oxygens (including phenoxy) is 2. The fourth-order valence-corrected chi connectivity index (χ4v) is 2.48. The van der Waals surface area contributed by atoms with Gasteiger partial charge in [0.05, 0.1) is 4.92 Å². The van der Waals surface area contributed by atoms with Crippen LogP contribution in [-0.4, -0.2) is 34.0 Å². The van der Waals surface area contributed by atoms with E-state index in [9.17, 15) is 19.7 Å². The number of thiazole rings is 1. The Hall–Kier alpha value is -2.72. The SMILES string of the molecule is CC(C)(Oc1ccc(Cl)cc1)C(=O)OCC(=O)Nc1ncc([N+](=O)[O-])s1. The molecule has 138 valence electrons. The summed E-state index contributed by atoms with van der Waals surface area (Å²) in [7, 11) is 0. The fourth-order valence-electron chi connectivity index (χ4n) is 1.71. The number of nitrogens with zero attached hydrogens (tertiary/aromatic N) is 2. The molecule has 0 unspecified atom stereocenters. The van der Waals surface area contributed by atoms with Crippen LogP contribution in [0.4, 0.5) is 10.1 Å². The lowest BCUT2D eigenvalue weighted by atomic mass is 10.1. The molecule has 0 saturated heterocycles. The number of amides is 1. The average molecular weight is 400 g/mol. The van der Waals surface area contributed by atoms with Crippen LogP contribution < -0.4 is 10.1 Å². The summed E-state index contributed by atoms with van der Waals surface area (Å²) in [6, 6.07) is 6.41. The molecule has 1 heterocycles. The maximum Gasteiger partial charge on any atom is 0.350 e. The van der Waals surface area contributed by atoms with E-state index >= 15 is 0 Å². The highest BCUT2D eigenvalue weighted by atomic mass is 35.5. The fraction of sp³-hybridized carbons (Fsp3) is 0.267. The summed E-state index contributed by atoms with van der Waals surface area (Å²) in [6.07, 6.45) is 1.02. The minimum absolute atomic E-state index is 0.0365. The molecule has 0 aliphatic carbocycles. The molecular formula is C15H14ClN3O6S. The Morgan fingerprint density at radius 1 is 1.35 bits per heavy atom. The first-order chi connectivity index (χ1) is 12.2. The Morgan fingerprint density at radius 2 is 2.00 bits per heavy atom. The maximum absolute atomic E-state index is 12.1. The largest absolute Gasteiger partial charge is 0.476 e. The lowest BCUT2D eigenvalue weighted by molar-refractivity contribution is -0.380. The molecule has 0 radical (unpaired) electrons. The van der Waals surface area contributed by atoms with Crippen molar-refractivity contribution in [3.8, 4) is 5.75 Å². The molecule has 26 heavy (non-hydrogen) atoms. The molecule has 2 aromatic rings. The molecule has 0 atom stereocenters. The van der Waals surface area contributed by atoms with E-state index in [1.54, 1.807) is 24.3 Å². The van der Waals surface area contributed by atoms with Crippen LogP contribution in [0.25, 0.3) is 0 Å². The van der Waals surface area contributed by atoms with Gasteiger partial charge in [0.15, 0.2) is 17.3 Å². The van der Waals surface area contributed by atoms with Gasteiger partial charge in [-0.15, -0.1) is 0 Å². The molecule has 0 saturated carbocycles. The van der Waals surface area contributed by atoms with Gasteiger partial charge >= 0.3 is 11.0 Å². The summed E-state index contributed by atoms with van der Waals surface area (Å²) in [4.78, 5) is 37.5. The quantitative estimate of drug-likeness (QED) is 0.431. The Bertz CT molecular complexity index is 821. The summed E-state index contributed by atoms with van der Waals surface area (Å²) in [5.74, 6) is -1.02. The van der Waals surface area contributed by atoms with Crippen LogP contribution in [0.1, 0.15) is 13.8 Å². The van der Waals surface area contributed by atoms with Gasteiger partial charge in [0.2, 0.25) is 0 Å². The molecular weight excluding hydrogens is 386 g/mol. The lowest BCUT2D eigenvalue weighted by Crippen LogP contribution is -2.41. The van der Waals surface area contributed by atoms with Gasteiger partial charge in [-0.3, -0.25) is 20.2 Å². The number of aromatic nitrogens is 1. The monoisotopic (exact) mass is 399 g/mol. The second kappa shape index (κ2) is 8.11. The van der Waals surface area contributed by atoms with E-state index in [4.69, 9.17) is 21.1 Å². The van der Waals surface area contributed by atoms with Crippen LogP contribution in [0.3, 0.4) is 0 Å². The predicted molar refractivity (Wildman–Crippen MR) is 94.5 cm³/mol. The summed E-state index contributed by atoms with van der Waals surface area (Å²) < 4.78 is 10.5. The standard InChI is InChI=1S/C15H14ClN3O6S/c1-15(2,25-10-5-3-9(16)4-6-10)13(21)24-8-11(20)18-14-17-7-12(26-14)19(22)23/h3-7H,8H2,1-2H3,(H,17,18,20). The smallest absolute Gasteiger partial charge is 0.350 e. The molecule has 1 aromatic heterocycles. The first kappa shape index (κ1) is 19.6. The molecule has 0 aliphatic rings. The highest BCUT2D eigenvalue weighted by Gasteiger charge is 2.32. The number of anilines is 1. The number of hydrogen-bond acceptors (Lipinski definition) is 8. The highest BCUT2D eigenvalue weighted by molar-refractivity contribution is 7.18. The minimum atomic E-state index is -1.34. The molecule has 0 bridgehead atoms. The topological polar surface area (TPSA) is 121 Å². The van der Waals surface area contributed by atoms with E-state index in [0.717, 1.165) is 6.20 Å². The molecule has 2 rings (SSSR count). The van der Waals surface area contributed by atoms with Crippen molar-refractivity contribution in [2.45, 2.75) is 19.4 Å². The zero-order valence-corrected chi connectivity index (χ0v) is 15.3. The van der Waals surface area contributed by atoms with Crippen molar-refractivity contribution in [3.05, 3.63) is 45.6 Å². The molecule has 0 spiro atoms. The van der Waals surface area contributed by atoms with Crippen LogP contribution in [-0.2, 0) is 14.3 Å². The van der Waals surface area contributed by atoms with Crippen molar-refractivity contribution in [2.75, 3.05) is 11.9 Å². The Labute approximate surface area is 157 Å². The first-order valence-electron chi connectivity index (χ1n) is 7.19. The molecule has 0 fully saturated rings. The van der Waals surface area contributed by atoms with Crippen molar-refractivity contribution in [2.24, 2.45) is 0 Å². The second-order valence-electron chi connectivity index (χ2n) is 5.45. The van der Waals surface area contributed by atoms with Gasteiger partial charge in [-0.05, 0) is 49.4 Å². The van der Waals surface area contributed by atoms with Gasteiger partial charge in [-0.25, -0.2) is 9.78 Å². The number of nitro groups is 1. The molecule has 11 heteroatoms. The van der Waals surface area contributed by atoms with E-state index in [-0.39, 0.29) is 10.1 Å². The molecule has 9 nitrogen and oxygen atoms in total. The van der Waals surface area contributed by atoms with E-state index in [1.165, 1.54) is 13.8 Å². The van der Waals surface area contributed by atoms with Crippen molar-refractivity contribution in [1.29, 1.82) is 0 Å². The van der Waals surface area contributed by atoms with Gasteiger partial charge in [0.25, 0.3) is 5.91 Å². The van der Waals surface area contributed by atoms with Crippen LogP contribution in [0.5, 0.6) is 5.75 Å². The van der Waals surface area contributed by atoms with E-state index in [0.29, 0.717) is 22.1 Å². The third-order valence-corrected chi connectivity index (χ3v) is 4.05. The minimum Gasteiger partial charge on any atom is -0.476 e. The number of halogens is 1. The predicted octanol–water partition coefficient (Wildman–Crippen LogP) is 3.04. The Balaban J connectivity index is 1.86. The number of benzene rings is 1. The van der Waals surface area contributed by atoms with Gasteiger partial charge in [-0.1, -0.05) is 11.6 Å². The van der Waals surface area contributed by atoms with Gasteiger partial charge < -0.3 is 9.47 Å². The van der Waals surface area contributed by atoms with Crippen molar-refractivity contribution in [3.63, 3.8) is 0 Å². The molecule has 1 amide bonds. The summed E-state index contributed by atoms with van der Waals surface area (Å²) in [6.45, 7) is 2.40. The maximum atomic E-state index is 12.1. The first-order valence-corrected chi connectivity index (χ1v) is 8.39. The van der Waals surface area contributed by atoms with Crippen molar-refractivity contribution in [1.82, 2.24) is 4.98 Å². The number of esters is 1. The van der Waals surface area contributed by atoms with Gasteiger partial charge in [0, 0.05) is 5.02 Å². The zero-order chi connectivity index (χ0) is 19.3. The van der Waals surface area contributed by atoms with E-state index in [1.807, 2.05) is 0 Å². The van der Waals surface area contributed by atoms with Crippen molar-refractivity contribution >= 4 is 44.9 Å². The summed E-state index contributed by atoms with van der Waals surface area (Å²) in [5, 5.41) is 13.2. The van der Waals surface area contributed by atoms with Crippen LogP contribution in [0, 0.1) is 10.1 Å². The number of carbonyl (C=O) groups excluding carboxylic acids is 2. The van der Waals surface area contributed by atoms with Crippen LogP contribution >= 0.6 is 22.9 Å². The zero-order valence-electron chi connectivity index (χ0n) is 13.7. The summed E-state index contributed by atoms with van der Waals surface area (Å²) >= 11 is 6.48. The average Bonchev–Trinajstić information content (AvgIpc) is 3.03. The number of rotatable bonds is 7. The third-order valence-electron chi connectivity index (χ3n) is 2.93. The lowest BCUT2D eigenvalue weighted by Gasteiger charge is -2.24. The van der Waals surface area contributed by atoms with Crippen molar-refractivity contribution < 1.29 is 24.0 Å². The van der Waals surface area contributed by atoms with Crippen LogP contribution in [0.15, 0.2) is 30.5 Å². The van der Waals surface area contributed by atoms with Crippen LogP contribution in [0.2, 0.25) is 5.02 Å². The normalized spacial score (nSPS) is 10.9. The number of nitrogens with one attached hydrogen (secondary N) is 1. The van der Waals surface area contributed by atoms with E-state index < -0.39 is 29.0 Å². The van der Waals surface area contributed by atoms with E-state index in [2.05, 4.69) is 10.3 Å². The molecule has 1 aromatic carbocycles. The molecule has 1 N–H and O–H groups in total.